The zero-order chi connectivity index (χ0) is 13.9. The summed E-state index contributed by atoms with van der Waals surface area (Å²) in [5.41, 5.74) is -0.276. The summed E-state index contributed by atoms with van der Waals surface area (Å²) in [5, 5.41) is 10.6. The number of rotatable bonds is 4. The van der Waals surface area contributed by atoms with Crippen LogP contribution in [0.5, 0.6) is 5.75 Å². The van der Waals surface area contributed by atoms with E-state index in [1.54, 1.807) is 5.32 Å². The number of carbonyl (C=O) groups is 1. The van der Waals surface area contributed by atoms with Gasteiger partial charge in [0.1, 0.15) is 5.75 Å². The summed E-state index contributed by atoms with van der Waals surface area (Å²) in [6.45, 7) is -1.52. The summed E-state index contributed by atoms with van der Waals surface area (Å²) in [5.74, 6) is -5.69. The number of carbonyl (C=O) groups excluding carboxylic acids is 1. The number of hydrogen-bond donors (Lipinski definition) is 2. The molecule has 0 saturated carbocycles. The van der Waals surface area contributed by atoms with Crippen LogP contribution in [0.15, 0.2) is 18.2 Å². The maximum Gasteiger partial charge on any atom is 0.324 e. The molecule has 100 valence electrons. The summed E-state index contributed by atoms with van der Waals surface area (Å²) < 4.78 is 48.8. The Morgan fingerprint density at radius 1 is 1.44 bits per heavy atom. The van der Waals surface area contributed by atoms with Gasteiger partial charge in [0.2, 0.25) is 0 Å². The second-order valence-electron chi connectivity index (χ2n) is 3.41. The third-order valence-electron chi connectivity index (χ3n) is 2.00. The molecule has 2 N–H and O–H groups in total. The van der Waals surface area contributed by atoms with Crippen molar-refractivity contribution in [3.05, 3.63) is 28.8 Å². The zero-order valence-corrected chi connectivity index (χ0v) is 9.52. The first-order chi connectivity index (χ1) is 8.24. The predicted molar refractivity (Wildman–Crippen MR) is 56.4 cm³/mol. The number of aromatic hydroxyl groups is 1. The lowest BCUT2D eigenvalue weighted by Gasteiger charge is -2.16. The van der Waals surface area contributed by atoms with Gasteiger partial charge in [0.25, 0.3) is 5.91 Å². The van der Waals surface area contributed by atoms with Crippen molar-refractivity contribution in [2.45, 2.75) is 12.3 Å². The first-order valence-electron chi connectivity index (χ1n) is 4.66. The fourth-order valence-electron chi connectivity index (χ4n) is 1.06. The lowest BCUT2D eigenvalue weighted by molar-refractivity contribution is -0.123. The minimum absolute atomic E-state index is 0.0920. The Bertz CT molecular complexity index is 454. The maximum atomic E-state index is 12.6. The number of amides is 1. The predicted octanol–water partition coefficient (Wildman–Crippen LogP) is 2.68. The van der Waals surface area contributed by atoms with Gasteiger partial charge in [0, 0.05) is 0 Å². The molecule has 0 atom stereocenters. The molecular weight excluding hydrogens is 278 g/mol. The molecule has 0 fully saturated rings. The zero-order valence-electron chi connectivity index (χ0n) is 8.76. The quantitative estimate of drug-likeness (QED) is 0.836. The van der Waals surface area contributed by atoms with Gasteiger partial charge in [-0.3, -0.25) is 4.79 Å². The van der Waals surface area contributed by atoms with Gasteiger partial charge in [-0.25, -0.2) is 8.78 Å². The number of alkyl halides is 4. The van der Waals surface area contributed by atoms with E-state index < -0.39 is 24.8 Å². The van der Waals surface area contributed by atoms with Gasteiger partial charge in [-0.15, -0.1) is 0 Å². The van der Waals surface area contributed by atoms with Crippen molar-refractivity contribution >= 4 is 17.5 Å². The van der Waals surface area contributed by atoms with Crippen molar-refractivity contribution in [1.29, 1.82) is 0 Å². The summed E-state index contributed by atoms with van der Waals surface area (Å²) in [6, 6.07) is 3.31. The number of phenols is 1. The van der Waals surface area contributed by atoms with Crippen LogP contribution < -0.4 is 5.32 Å². The van der Waals surface area contributed by atoms with Crippen molar-refractivity contribution in [3.63, 3.8) is 0 Å². The third kappa shape index (κ3) is 3.49. The van der Waals surface area contributed by atoms with Crippen LogP contribution in [0, 0.1) is 0 Å². The van der Waals surface area contributed by atoms with E-state index in [0.29, 0.717) is 0 Å². The van der Waals surface area contributed by atoms with Crippen LogP contribution in [-0.4, -0.2) is 29.9 Å². The van der Waals surface area contributed by atoms with Gasteiger partial charge >= 0.3 is 12.3 Å². The Morgan fingerprint density at radius 3 is 2.61 bits per heavy atom. The van der Waals surface area contributed by atoms with Crippen LogP contribution in [0.25, 0.3) is 0 Å². The maximum absolute atomic E-state index is 12.6. The number of phenolic OH excluding ortho intramolecular Hbond substituents is 1. The number of hydrogen-bond acceptors (Lipinski definition) is 2. The van der Waals surface area contributed by atoms with Gasteiger partial charge in [-0.2, -0.15) is 8.78 Å². The number of benzene rings is 1. The van der Waals surface area contributed by atoms with Crippen LogP contribution >= 0.6 is 11.6 Å². The molecule has 0 aliphatic carbocycles. The van der Waals surface area contributed by atoms with Crippen molar-refractivity contribution in [3.8, 4) is 5.75 Å². The summed E-state index contributed by atoms with van der Waals surface area (Å²) in [4.78, 5) is 11.4. The molecule has 1 amide bonds. The van der Waals surface area contributed by atoms with E-state index in [2.05, 4.69) is 0 Å². The van der Waals surface area contributed by atoms with Gasteiger partial charge in [0.05, 0.1) is 17.1 Å². The largest absolute Gasteiger partial charge is 0.508 e. The van der Waals surface area contributed by atoms with Gasteiger partial charge in [0.15, 0.2) is 0 Å². The van der Waals surface area contributed by atoms with Crippen molar-refractivity contribution in [2.24, 2.45) is 0 Å². The molecule has 18 heavy (non-hydrogen) atoms. The molecule has 0 spiro atoms. The molecule has 1 rings (SSSR count). The highest BCUT2D eigenvalue weighted by molar-refractivity contribution is 6.33. The highest BCUT2D eigenvalue weighted by Gasteiger charge is 2.40. The van der Waals surface area contributed by atoms with E-state index in [1.165, 1.54) is 12.1 Å². The Labute approximate surface area is 104 Å². The average molecular weight is 286 g/mol. The Kier molecular flexibility index (Phi) is 4.39. The summed E-state index contributed by atoms with van der Waals surface area (Å²) in [6.07, 6.45) is -3.88. The summed E-state index contributed by atoms with van der Waals surface area (Å²) >= 11 is 5.60. The molecule has 8 heteroatoms. The van der Waals surface area contributed by atoms with Crippen molar-refractivity contribution in [1.82, 2.24) is 5.32 Å². The number of nitrogens with one attached hydrogen (secondary N) is 1. The fourth-order valence-corrected chi connectivity index (χ4v) is 1.26. The van der Waals surface area contributed by atoms with E-state index >= 15 is 0 Å². The molecule has 1 aromatic carbocycles. The Morgan fingerprint density at radius 2 is 2.06 bits per heavy atom. The monoisotopic (exact) mass is 285 g/mol. The molecule has 0 bridgehead atoms. The van der Waals surface area contributed by atoms with Crippen LogP contribution in [-0.2, 0) is 0 Å². The Hall–Kier alpha value is -1.50. The van der Waals surface area contributed by atoms with Crippen molar-refractivity contribution < 1.29 is 27.5 Å². The second-order valence-corrected chi connectivity index (χ2v) is 3.82. The van der Waals surface area contributed by atoms with Gasteiger partial charge < -0.3 is 10.4 Å². The molecule has 1 aromatic rings. The lowest BCUT2D eigenvalue weighted by atomic mass is 10.2. The van der Waals surface area contributed by atoms with Crippen LogP contribution in [0.1, 0.15) is 10.4 Å². The normalized spacial score (nSPS) is 11.7. The molecule has 0 heterocycles. The lowest BCUT2D eigenvalue weighted by Crippen LogP contribution is -2.41. The highest BCUT2D eigenvalue weighted by Crippen LogP contribution is 2.23. The molecular formula is C10H8ClF4NO2. The number of halogens is 5. The molecule has 0 aliphatic rings. The Balaban J connectivity index is 2.75. The topological polar surface area (TPSA) is 49.3 Å². The van der Waals surface area contributed by atoms with E-state index in [-0.39, 0.29) is 16.3 Å². The van der Waals surface area contributed by atoms with Gasteiger partial charge in [-0.1, -0.05) is 11.6 Å². The summed E-state index contributed by atoms with van der Waals surface area (Å²) in [7, 11) is 0. The molecule has 0 aromatic heterocycles. The molecule has 0 radical (unpaired) electrons. The third-order valence-corrected chi connectivity index (χ3v) is 2.33. The minimum atomic E-state index is -4.32. The molecule has 0 saturated heterocycles. The SMILES string of the molecule is O=C(NCC(F)(F)C(F)F)c1cc(O)ccc1Cl. The minimum Gasteiger partial charge on any atom is -0.508 e. The molecule has 0 unspecified atom stereocenters. The smallest absolute Gasteiger partial charge is 0.324 e. The average Bonchev–Trinajstić information content (AvgIpc) is 2.29. The second kappa shape index (κ2) is 5.43. The first kappa shape index (κ1) is 14.6. The van der Waals surface area contributed by atoms with E-state index in [9.17, 15) is 22.4 Å². The van der Waals surface area contributed by atoms with Crippen LogP contribution in [0.4, 0.5) is 17.6 Å². The molecule has 3 nitrogen and oxygen atoms in total. The standard InChI is InChI=1S/C10H8ClF4NO2/c11-7-2-1-5(17)3-6(7)8(18)16-4-10(14,15)9(12)13/h1-3,9,17H,4H2,(H,16,18). The van der Waals surface area contributed by atoms with E-state index in [1.807, 2.05) is 0 Å². The van der Waals surface area contributed by atoms with Gasteiger partial charge in [-0.05, 0) is 18.2 Å². The first-order valence-corrected chi connectivity index (χ1v) is 5.04. The van der Waals surface area contributed by atoms with Crippen molar-refractivity contribution in [2.75, 3.05) is 6.54 Å². The molecule has 0 aliphatic heterocycles. The van der Waals surface area contributed by atoms with E-state index in [4.69, 9.17) is 16.7 Å². The highest BCUT2D eigenvalue weighted by atomic mass is 35.5. The van der Waals surface area contributed by atoms with Crippen LogP contribution in [0.3, 0.4) is 0 Å². The van der Waals surface area contributed by atoms with Crippen LogP contribution in [0.2, 0.25) is 5.02 Å². The van der Waals surface area contributed by atoms with E-state index in [0.717, 1.165) is 6.07 Å². The fraction of sp³-hybridized carbons (Fsp3) is 0.300.